The summed E-state index contributed by atoms with van der Waals surface area (Å²) in [5.41, 5.74) is 7.70. The van der Waals surface area contributed by atoms with E-state index in [2.05, 4.69) is 18.5 Å². The number of amides is 5. The molecule has 0 bridgehead atoms. The van der Waals surface area contributed by atoms with Crippen molar-refractivity contribution in [3.05, 3.63) is 113 Å². The van der Waals surface area contributed by atoms with E-state index >= 15 is 0 Å². The summed E-state index contributed by atoms with van der Waals surface area (Å²) < 4.78 is 92.1. The summed E-state index contributed by atoms with van der Waals surface area (Å²) in [5, 5.41) is 84.5. The Morgan fingerprint density at radius 2 is 0.955 bits per heavy atom. The topological polar surface area (TPSA) is 480 Å². The van der Waals surface area contributed by atoms with Crippen LogP contribution in [-0.2, 0) is 75.0 Å². The fourth-order valence-electron chi connectivity index (χ4n) is 13.3. The minimum atomic E-state index is -2.03. The number of carbonyl (C=O) groups excluding carboxylic acids is 5. The molecule has 111 heavy (non-hydrogen) atoms. The normalized spacial score (nSPS) is 24.9. The Morgan fingerprint density at radius 3 is 1.41 bits per heavy atom. The van der Waals surface area contributed by atoms with Gasteiger partial charge >= 0.3 is 24.1 Å². The number of hydrogen-bond donors (Lipinski definition) is 10. The Morgan fingerprint density at radius 1 is 0.514 bits per heavy atom. The largest absolute Gasteiger partial charge is 0.493 e. The molecule has 14 atom stereocenters. The van der Waals surface area contributed by atoms with Crippen LogP contribution in [0.5, 0.6) is 34.5 Å². The number of aliphatic hydroxyl groups excluding tert-OH is 6. The van der Waals surface area contributed by atoms with E-state index in [1.807, 2.05) is 0 Å². The van der Waals surface area contributed by atoms with Crippen LogP contribution in [0.2, 0.25) is 0 Å². The van der Waals surface area contributed by atoms with Crippen molar-refractivity contribution >= 4 is 58.9 Å². The highest BCUT2D eigenvalue weighted by Gasteiger charge is 2.52. The molecule has 4 saturated heterocycles. The highest BCUT2D eigenvalue weighted by atomic mass is 16.7. The highest BCUT2D eigenvalue weighted by Crippen LogP contribution is 2.46. The maximum Gasteiger partial charge on any atom is 0.416 e. The Balaban J connectivity index is 0.798. The Kier molecular flexibility index (Phi) is 29.5. The fourth-order valence-corrected chi connectivity index (χ4v) is 13.3. The number of anilines is 3. The molecule has 6 heterocycles. The monoisotopic (exact) mass is 1560 g/mol. The smallest absolute Gasteiger partial charge is 0.416 e. The standard InChI is InChI=1S/C74H94N6O31/c1-39-28-49-67(98-5)79(73(94)106-37-41-10-13-43(14-11-41)108-71-61(86)57(82)59(84)63(110-71)69(90)91)47-33-54(52(96-3)31-44(47)65(88)77(49)35-39)104-18-8-7-9-19-105-55-34-48-45(32-53(55)97-4)66(89)78-36-40(2)29-50(78)68(99-6)80(48)74(95)107-38-42-12-15-51(109-72-62(87)58(83)60(85)64(111-72)70(92)93)46(30-42)76-56(81)16-20-100-22-24-102-26-27-103-25-23-101-21-17-75/h10-15,30-34,49-50,57-64,67-68,71-72,82-87H,1-2,7-9,16-29,35-38,75H2,3-6H3,(H,76,81)(H,90,91)(H,92,93)/t49-,50-,57-,58-,59-,60-,61+,62+,63-,64-,67-,68-,71+,72+/m0/s1. The lowest BCUT2D eigenvalue weighted by atomic mass is 9.99. The second kappa shape index (κ2) is 39.1. The molecule has 0 saturated carbocycles. The van der Waals surface area contributed by atoms with Gasteiger partial charge in [0.15, 0.2) is 47.7 Å². The molecule has 6 aliphatic heterocycles. The lowest BCUT2D eigenvalue weighted by molar-refractivity contribution is -0.271. The van der Waals surface area contributed by atoms with Crippen LogP contribution in [0.4, 0.5) is 26.7 Å². The first kappa shape index (κ1) is 83.9. The summed E-state index contributed by atoms with van der Waals surface area (Å²) >= 11 is 0. The summed E-state index contributed by atoms with van der Waals surface area (Å²) in [7, 11) is 5.55. The molecule has 0 radical (unpaired) electrons. The molecular formula is C74H94N6O31. The molecule has 0 unspecified atom stereocenters. The summed E-state index contributed by atoms with van der Waals surface area (Å²) in [5.74, 6) is -4.22. The van der Waals surface area contributed by atoms with Gasteiger partial charge in [0.25, 0.3) is 11.8 Å². The average Bonchev–Trinajstić information content (AvgIpc) is 1.61. The summed E-state index contributed by atoms with van der Waals surface area (Å²) in [6.45, 7) is 10.4. The van der Waals surface area contributed by atoms with Crippen molar-refractivity contribution in [2.24, 2.45) is 5.73 Å². The summed E-state index contributed by atoms with van der Waals surface area (Å²) in [6.07, 6.45) is -21.5. The van der Waals surface area contributed by atoms with Crippen molar-refractivity contribution in [3.63, 3.8) is 0 Å². The average molecular weight is 1560 g/mol. The van der Waals surface area contributed by atoms with E-state index in [0.717, 1.165) is 5.57 Å². The SMILES string of the molecule is C=C1C[C@H]2[C@H](OC)N(C(=O)OCc3ccc(O[C@@H]4O[C@H](C(=O)O)[C@@H](O)[C@H](O)[C@H]4O)cc3)c3cc(OCCCCCOc4cc5c(cc4OC)C(=O)N4CC(=C)C[C@H]4[C@H](OC)N5C(=O)OCc4ccc(O[C@@H]5O[C@H](C(=O)O)[C@@H](O)[C@H](O)[C@H]5O)c(NC(=O)CCOCCOCCOCCOCCN)c4)c(OC)cc3C(=O)N2C1. The number of methoxy groups -OCH3 is 4. The van der Waals surface area contributed by atoms with Gasteiger partial charge in [-0.25, -0.2) is 29.0 Å². The number of carboxylic acid groups (broad SMARTS) is 2. The number of ether oxygens (including phenoxy) is 16. The third-order valence-electron chi connectivity index (χ3n) is 18.9. The maximum absolute atomic E-state index is 14.9. The first-order valence-corrected chi connectivity index (χ1v) is 35.7. The number of nitrogens with zero attached hydrogens (tertiary/aromatic N) is 4. The van der Waals surface area contributed by atoms with Gasteiger partial charge in [-0.05, 0) is 79.6 Å². The highest BCUT2D eigenvalue weighted by molar-refractivity contribution is 6.07. The van der Waals surface area contributed by atoms with Crippen molar-refractivity contribution in [2.75, 3.05) is 129 Å². The van der Waals surface area contributed by atoms with E-state index in [1.54, 1.807) is 9.80 Å². The third-order valence-corrected chi connectivity index (χ3v) is 18.9. The van der Waals surface area contributed by atoms with Crippen LogP contribution in [0.15, 0.2) is 91.0 Å². The van der Waals surface area contributed by atoms with Gasteiger partial charge in [0.2, 0.25) is 18.5 Å². The van der Waals surface area contributed by atoms with Crippen LogP contribution in [0.1, 0.15) is 70.4 Å². The number of aliphatic carboxylic acids is 2. The first-order valence-electron chi connectivity index (χ1n) is 35.7. The van der Waals surface area contributed by atoms with Crippen LogP contribution >= 0.6 is 0 Å². The van der Waals surface area contributed by atoms with Gasteiger partial charge in [-0.15, -0.1) is 0 Å². The predicted molar refractivity (Wildman–Crippen MR) is 383 cm³/mol. The molecule has 0 spiro atoms. The number of rotatable bonds is 37. The molecule has 37 nitrogen and oxygen atoms in total. The third kappa shape index (κ3) is 20.0. The molecule has 5 amide bonds. The second-order valence-electron chi connectivity index (χ2n) is 26.5. The molecular weight excluding hydrogens is 1470 g/mol. The lowest BCUT2D eigenvalue weighted by Crippen LogP contribution is -2.61. The number of carbonyl (C=O) groups is 7. The van der Waals surface area contributed by atoms with E-state index in [4.69, 9.17) is 81.5 Å². The van der Waals surface area contributed by atoms with Crippen molar-refractivity contribution in [2.45, 2.75) is 138 Å². The molecule has 0 aromatic heterocycles. The molecule has 4 fully saturated rings. The number of carboxylic acids is 2. The van der Waals surface area contributed by atoms with Gasteiger partial charge in [0.1, 0.15) is 61.3 Å². The Bertz CT molecular complexity index is 3940. The van der Waals surface area contributed by atoms with E-state index in [-0.39, 0.29) is 140 Å². The summed E-state index contributed by atoms with van der Waals surface area (Å²) in [6, 6.07) is 14.5. The van der Waals surface area contributed by atoms with Gasteiger partial charge in [0.05, 0.1) is 127 Å². The van der Waals surface area contributed by atoms with Crippen molar-refractivity contribution in [1.82, 2.24) is 9.80 Å². The number of unbranched alkanes of at least 4 members (excludes halogenated alkanes) is 2. The van der Waals surface area contributed by atoms with E-state index in [9.17, 15) is 74.4 Å². The summed E-state index contributed by atoms with van der Waals surface area (Å²) in [4.78, 5) is 101. The van der Waals surface area contributed by atoms with Gasteiger partial charge in [0, 0.05) is 46.0 Å². The zero-order valence-electron chi connectivity index (χ0n) is 61.5. The Labute approximate surface area is 637 Å². The Hall–Kier alpha value is -9.55. The molecule has 6 aliphatic rings. The molecule has 10 rings (SSSR count). The number of fused-ring (bicyclic) bond motifs is 4. The number of aliphatic hydroxyl groups is 6. The molecule has 4 aromatic rings. The quantitative estimate of drug-likeness (QED) is 0.0228. The molecule has 11 N–H and O–H groups in total. The van der Waals surface area contributed by atoms with Crippen LogP contribution < -0.4 is 49.3 Å². The number of hydrogen-bond acceptors (Lipinski definition) is 30. The maximum atomic E-state index is 14.9. The molecule has 606 valence electrons. The zero-order chi connectivity index (χ0) is 79.7. The van der Waals surface area contributed by atoms with Crippen molar-refractivity contribution < 1.29 is 150 Å². The van der Waals surface area contributed by atoms with E-state index < -0.39 is 134 Å². The minimum Gasteiger partial charge on any atom is -0.493 e. The van der Waals surface area contributed by atoms with E-state index in [0.29, 0.717) is 69.8 Å². The van der Waals surface area contributed by atoms with E-state index in [1.165, 1.54) is 105 Å². The number of nitrogens with two attached hydrogens (primary N) is 1. The van der Waals surface area contributed by atoms with Gasteiger partial charge < -0.3 is 137 Å². The van der Waals surface area contributed by atoms with Crippen LogP contribution in [0.25, 0.3) is 0 Å². The first-order chi connectivity index (χ1) is 53.4. The predicted octanol–water partition coefficient (Wildman–Crippen LogP) is 2.03. The number of nitrogens with one attached hydrogen (secondary N) is 1. The molecule has 4 aromatic carbocycles. The van der Waals surface area contributed by atoms with Crippen LogP contribution in [0, 0.1) is 0 Å². The van der Waals surface area contributed by atoms with Gasteiger partial charge in [-0.1, -0.05) is 42.5 Å². The molecule has 0 aliphatic carbocycles. The van der Waals surface area contributed by atoms with Crippen molar-refractivity contribution in [1.29, 1.82) is 0 Å². The number of benzene rings is 4. The second-order valence-corrected chi connectivity index (χ2v) is 26.5. The van der Waals surface area contributed by atoms with Crippen LogP contribution in [-0.4, -0.2) is 293 Å². The lowest BCUT2D eigenvalue weighted by Gasteiger charge is -2.38. The minimum absolute atomic E-state index is 0.0361. The van der Waals surface area contributed by atoms with Gasteiger partial charge in [-0.2, -0.15) is 0 Å². The van der Waals surface area contributed by atoms with Gasteiger partial charge in [-0.3, -0.25) is 14.4 Å². The zero-order valence-corrected chi connectivity index (χ0v) is 61.5. The fraction of sp³-hybridized carbons (Fsp3) is 0.527. The van der Waals surface area contributed by atoms with Crippen LogP contribution in [0.3, 0.4) is 0 Å². The van der Waals surface area contributed by atoms with Crippen molar-refractivity contribution in [3.8, 4) is 34.5 Å². The molecule has 37 heteroatoms.